The van der Waals surface area contributed by atoms with Gasteiger partial charge in [0.25, 0.3) is 5.56 Å². The van der Waals surface area contributed by atoms with E-state index in [0.717, 1.165) is 12.0 Å². The Kier molecular flexibility index (Phi) is 10.5. The van der Waals surface area contributed by atoms with Crippen molar-refractivity contribution in [3.8, 4) is 39.4 Å². The molecule has 0 saturated carbocycles. The standard InChI is InChI=1S/C37H39Cl2N7O5/c1-37(2,36(49)50)20-41-18-30-44-46-19-22(15-29(46)35(48)45(30)3)24-7-5-8-25(32(24)38)26-9-6-10-27(33(26)39)28-13-11-21(34(43-28)51-4)16-40-17-23-12-14-31(47)42-23/h5-11,13,15,19,23,40-41H,12,14,16-18,20H2,1-4H3,(H,42,47)(H,49,50)/t23-/m1/s1. The van der Waals surface area contributed by atoms with E-state index in [0.29, 0.717) is 80.3 Å². The molecular formula is C37H39Cl2N7O5. The van der Waals surface area contributed by atoms with Crippen LogP contribution in [0.5, 0.6) is 5.88 Å². The van der Waals surface area contributed by atoms with Crippen molar-refractivity contribution in [3.63, 3.8) is 0 Å². The Balaban J connectivity index is 1.26. The van der Waals surface area contributed by atoms with Gasteiger partial charge in [0.2, 0.25) is 11.8 Å². The second kappa shape index (κ2) is 14.8. The first-order valence-corrected chi connectivity index (χ1v) is 17.3. The van der Waals surface area contributed by atoms with Crippen molar-refractivity contribution < 1.29 is 19.4 Å². The maximum Gasteiger partial charge on any atom is 0.310 e. The highest BCUT2D eigenvalue weighted by molar-refractivity contribution is 6.39. The normalized spacial score (nSPS) is 14.6. The number of fused-ring (bicyclic) bond motifs is 1. The van der Waals surface area contributed by atoms with Gasteiger partial charge in [0.15, 0.2) is 0 Å². The molecule has 0 unspecified atom stereocenters. The predicted molar refractivity (Wildman–Crippen MR) is 197 cm³/mol. The highest BCUT2D eigenvalue weighted by Crippen LogP contribution is 2.42. The number of carbonyl (C=O) groups is 2. The Bertz CT molecular complexity index is 2200. The summed E-state index contributed by atoms with van der Waals surface area (Å²) in [5.74, 6) is 0.0899. The summed E-state index contributed by atoms with van der Waals surface area (Å²) in [6.45, 7) is 4.85. The number of carboxylic acids is 1. The van der Waals surface area contributed by atoms with E-state index in [4.69, 9.17) is 32.9 Å². The lowest BCUT2D eigenvalue weighted by Crippen LogP contribution is -2.37. The molecule has 12 nitrogen and oxygen atoms in total. The summed E-state index contributed by atoms with van der Waals surface area (Å²) >= 11 is 14.2. The minimum absolute atomic E-state index is 0.0839. The topological polar surface area (TPSA) is 152 Å². The molecule has 0 radical (unpaired) electrons. The largest absolute Gasteiger partial charge is 0.481 e. The molecule has 1 fully saturated rings. The van der Waals surface area contributed by atoms with Crippen LogP contribution >= 0.6 is 23.2 Å². The monoisotopic (exact) mass is 731 g/mol. The maximum absolute atomic E-state index is 13.3. The van der Waals surface area contributed by atoms with Gasteiger partial charge in [-0.25, -0.2) is 9.50 Å². The molecule has 1 amide bonds. The lowest BCUT2D eigenvalue weighted by Gasteiger charge is -2.19. The van der Waals surface area contributed by atoms with Gasteiger partial charge in [-0.2, -0.15) is 5.10 Å². The summed E-state index contributed by atoms with van der Waals surface area (Å²) in [4.78, 5) is 41.1. The van der Waals surface area contributed by atoms with E-state index in [9.17, 15) is 19.5 Å². The van der Waals surface area contributed by atoms with Crippen molar-refractivity contribution in [2.45, 2.75) is 45.8 Å². The Labute approximate surface area is 304 Å². The quantitative estimate of drug-likeness (QED) is 0.126. The fourth-order valence-electron chi connectivity index (χ4n) is 6.08. The molecule has 4 heterocycles. The fraction of sp³-hybridized carbons (Fsp3) is 0.324. The van der Waals surface area contributed by atoms with Crippen LogP contribution in [0.25, 0.3) is 39.0 Å². The predicted octanol–water partition coefficient (Wildman–Crippen LogP) is 5.31. The minimum atomic E-state index is -0.975. The number of methoxy groups -OCH3 is 1. The van der Waals surface area contributed by atoms with Crippen LogP contribution in [-0.2, 0) is 29.7 Å². The summed E-state index contributed by atoms with van der Waals surface area (Å²) < 4.78 is 8.61. The summed E-state index contributed by atoms with van der Waals surface area (Å²) in [6, 6.07) is 17.1. The number of hydrogen-bond acceptors (Lipinski definition) is 8. The number of carbonyl (C=O) groups excluding carboxylic acids is 1. The molecule has 3 aromatic heterocycles. The molecule has 1 aliphatic rings. The van der Waals surface area contributed by atoms with Crippen molar-refractivity contribution in [1.82, 2.24) is 35.1 Å². The van der Waals surface area contributed by atoms with Gasteiger partial charge in [-0.3, -0.25) is 19.0 Å². The Morgan fingerprint density at radius 1 is 1.02 bits per heavy atom. The van der Waals surface area contributed by atoms with E-state index >= 15 is 0 Å². The number of aromatic nitrogens is 4. The number of carboxylic acid groups (broad SMARTS) is 1. The van der Waals surface area contributed by atoms with Crippen LogP contribution in [-0.4, -0.2) is 62.4 Å². The molecule has 4 N–H and O–H groups in total. The van der Waals surface area contributed by atoms with Gasteiger partial charge >= 0.3 is 5.97 Å². The number of rotatable bonds is 13. The van der Waals surface area contributed by atoms with Crippen molar-refractivity contribution in [2.75, 3.05) is 20.2 Å². The number of aliphatic carboxylic acids is 1. The number of nitrogens with zero attached hydrogens (tertiary/aromatic N) is 4. The van der Waals surface area contributed by atoms with Crippen LogP contribution in [0, 0.1) is 5.41 Å². The smallest absolute Gasteiger partial charge is 0.310 e. The second-order valence-corrected chi connectivity index (χ2v) is 14.0. The van der Waals surface area contributed by atoms with Crippen LogP contribution in [0.2, 0.25) is 10.0 Å². The maximum atomic E-state index is 13.3. The molecule has 51 heavy (non-hydrogen) atoms. The summed E-state index contributed by atoms with van der Waals surface area (Å²) in [5.41, 5.74) is 4.17. The molecule has 1 aliphatic heterocycles. The number of pyridine rings is 1. The van der Waals surface area contributed by atoms with Gasteiger partial charge in [0.1, 0.15) is 11.3 Å². The van der Waals surface area contributed by atoms with Crippen LogP contribution in [0.15, 0.2) is 65.6 Å². The third-order valence-electron chi connectivity index (χ3n) is 9.16. The number of benzene rings is 2. The Morgan fingerprint density at radius 2 is 1.71 bits per heavy atom. The first kappa shape index (κ1) is 36.1. The van der Waals surface area contributed by atoms with Crippen LogP contribution in [0.3, 0.4) is 0 Å². The van der Waals surface area contributed by atoms with E-state index in [-0.39, 0.29) is 30.6 Å². The number of ether oxygens (including phenoxy) is 1. The molecule has 6 rings (SSSR count). The second-order valence-electron chi connectivity index (χ2n) is 13.3. The zero-order valence-corrected chi connectivity index (χ0v) is 30.2. The van der Waals surface area contributed by atoms with Gasteiger partial charge in [0.05, 0.1) is 34.8 Å². The summed E-state index contributed by atoms with van der Waals surface area (Å²) in [7, 11) is 3.21. The molecule has 266 valence electrons. The lowest BCUT2D eigenvalue weighted by atomic mass is 9.94. The van der Waals surface area contributed by atoms with Crippen molar-refractivity contribution in [2.24, 2.45) is 12.5 Å². The summed E-state index contributed by atoms with van der Waals surface area (Å²) in [5, 5.41) is 24.4. The Morgan fingerprint density at radius 3 is 2.37 bits per heavy atom. The molecule has 5 aromatic rings. The van der Waals surface area contributed by atoms with Crippen molar-refractivity contribution in [1.29, 1.82) is 0 Å². The SMILES string of the molecule is COc1nc(-c2cccc(-c3cccc(-c4cc5c(=O)n(C)c(CNCC(C)(C)C(=O)O)nn5c4)c3Cl)c2Cl)ccc1CNC[C@H]1CCC(=O)N1. The Hall–Kier alpha value is -4.75. The zero-order chi connectivity index (χ0) is 36.4. The molecule has 0 bridgehead atoms. The van der Waals surface area contributed by atoms with Gasteiger partial charge in [-0.1, -0.05) is 65.7 Å². The highest BCUT2D eigenvalue weighted by Gasteiger charge is 2.27. The molecule has 14 heteroatoms. The highest BCUT2D eigenvalue weighted by atomic mass is 35.5. The van der Waals surface area contributed by atoms with Crippen molar-refractivity contribution in [3.05, 3.63) is 92.6 Å². The number of hydrogen-bond donors (Lipinski definition) is 4. The van der Waals surface area contributed by atoms with E-state index in [2.05, 4.69) is 21.0 Å². The molecule has 1 saturated heterocycles. The minimum Gasteiger partial charge on any atom is -0.481 e. The van der Waals surface area contributed by atoms with E-state index in [1.165, 1.54) is 9.08 Å². The number of amides is 1. The average Bonchev–Trinajstić information content (AvgIpc) is 3.73. The molecular weight excluding hydrogens is 693 g/mol. The first-order chi connectivity index (χ1) is 24.4. The van der Waals surface area contributed by atoms with E-state index in [1.54, 1.807) is 40.3 Å². The van der Waals surface area contributed by atoms with Crippen molar-refractivity contribution >= 4 is 40.6 Å². The third kappa shape index (κ3) is 7.50. The van der Waals surface area contributed by atoms with Gasteiger partial charge in [0, 0.05) is 78.7 Å². The number of nitrogens with one attached hydrogen (secondary N) is 3. The van der Waals surface area contributed by atoms with Gasteiger partial charge in [-0.05, 0) is 32.4 Å². The lowest BCUT2D eigenvalue weighted by molar-refractivity contribution is -0.146. The van der Waals surface area contributed by atoms with Crippen LogP contribution in [0.1, 0.15) is 38.1 Å². The summed E-state index contributed by atoms with van der Waals surface area (Å²) in [6.07, 6.45) is 3.13. The first-order valence-electron chi connectivity index (χ1n) is 16.5. The van der Waals surface area contributed by atoms with Crippen LogP contribution in [0.4, 0.5) is 0 Å². The van der Waals surface area contributed by atoms with Crippen LogP contribution < -0.4 is 26.2 Å². The molecule has 0 spiro atoms. The third-order valence-corrected chi connectivity index (χ3v) is 9.98. The number of halogens is 2. The average molecular weight is 733 g/mol. The molecule has 0 aliphatic carbocycles. The van der Waals surface area contributed by atoms with Gasteiger partial charge < -0.3 is 25.8 Å². The fourth-order valence-corrected chi connectivity index (χ4v) is 6.74. The zero-order valence-electron chi connectivity index (χ0n) is 28.7. The molecule has 1 atom stereocenters. The molecule has 2 aromatic carbocycles. The van der Waals surface area contributed by atoms with E-state index < -0.39 is 11.4 Å². The van der Waals surface area contributed by atoms with E-state index in [1.807, 2.05) is 48.5 Å². The van der Waals surface area contributed by atoms with Gasteiger partial charge in [-0.15, -0.1) is 0 Å².